The van der Waals surface area contributed by atoms with Crippen LogP contribution in [0.4, 0.5) is 0 Å². The Bertz CT molecular complexity index is 959. The third kappa shape index (κ3) is 3.92. The summed E-state index contributed by atoms with van der Waals surface area (Å²) in [5, 5.41) is 7.37. The average Bonchev–Trinajstić information content (AvgIpc) is 3.37. The van der Waals surface area contributed by atoms with Crippen LogP contribution in [0, 0.1) is 0 Å². The summed E-state index contributed by atoms with van der Waals surface area (Å²) in [5.41, 5.74) is 3.34. The van der Waals surface area contributed by atoms with Crippen LogP contribution in [0.3, 0.4) is 0 Å². The number of hydrogen-bond acceptors (Lipinski definition) is 8. The molecule has 0 atom stereocenters. The van der Waals surface area contributed by atoms with Crippen molar-refractivity contribution in [2.75, 3.05) is 5.75 Å². The summed E-state index contributed by atoms with van der Waals surface area (Å²) in [4.78, 5) is 20.7. The van der Waals surface area contributed by atoms with Gasteiger partial charge in [-0.2, -0.15) is 11.3 Å². The van der Waals surface area contributed by atoms with E-state index in [0.29, 0.717) is 10.8 Å². The van der Waals surface area contributed by atoms with Gasteiger partial charge in [0, 0.05) is 16.3 Å². The molecule has 0 spiro atoms. The Morgan fingerprint density at radius 1 is 1.20 bits per heavy atom. The van der Waals surface area contributed by atoms with Crippen LogP contribution in [-0.4, -0.2) is 21.7 Å². The first kappa shape index (κ1) is 16.3. The molecule has 25 heavy (non-hydrogen) atoms. The Morgan fingerprint density at radius 2 is 2.12 bits per heavy atom. The first-order chi connectivity index (χ1) is 12.3. The van der Waals surface area contributed by atoms with Crippen LogP contribution in [0.1, 0.15) is 5.69 Å². The number of esters is 1. The number of oxazole rings is 1. The number of rotatable bonds is 6. The number of nitrogens with zero attached hydrogens (tertiary/aromatic N) is 2. The maximum absolute atomic E-state index is 11.9. The molecule has 8 heteroatoms. The van der Waals surface area contributed by atoms with Gasteiger partial charge in [-0.1, -0.05) is 23.9 Å². The van der Waals surface area contributed by atoms with Gasteiger partial charge in [0.25, 0.3) is 5.22 Å². The second-order valence-corrected chi connectivity index (χ2v) is 7.62. The van der Waals surface area contributed by atoms with Crippen LogP contribution in [0.25, 0.3) is 21.7 Å². The van der Waals surface area contributed by atoms with Crippen molar-refractivity contribution in [3.63, 3.8) is 0 Å². The van der Waals surface area contributed by atoms with Crippen molar-refractivity contribution in [2.45, 2.75) is 11.8 Å². The molecule has 0 saturated carbocycles. The highest BCUT2D eigenvalue weighted by Crippen LogP contribution is 2.26. The SMILES string of the molecule is O=C(CSc1nc2ccccc2o1)OCc1csc(-c2ccsc2)n1. The number of thiophene rings is 1. The quantitative estimate of drug-likeness (QED) is 0.348. The maximum atomic E-state index is 11.9. The summed E-state index contributed by atoms with van der Waals surface area (Å²) >= 11 is 4.40. The molecule has 1 aromatic carbocycles. The van der Waals surface area contributed by atoms with E-state index >= 15 is 0 Å². The van der Waals surface area contributed by atoms with Gasteiger partial charge in [-0.05, 0) is 23.6 Å². The molecule has 0 radical (unpaired) electrons. The van der Waals surface area contributed by atoms with Gasteiger partial charge < -0.3 is 9.15 Å². The van der Waals surface area contributed by atoms with E-state index in [1.807, 2.05) is 46.5 Å². The molecule has 0 aliphatic rings. The zero-order valence-electron chi connectivity index (χ0n) is 12.9. The molecular formula is C17H12N2O3S3. The predicted octanol–water partition coefficient (Wildman–Crippen LogP) is 4.85. The number of fused-ring (bicyclic) bond motifs is 1. The number of hydrogen-bond donors (Lipinski definition) is 0. The third-order valence-electron chi connectivity index (χ3n) is 3.29. The monoisotopic (exact) mass is 388 g/mol. The Hall–Kier alpha value is -2.16. The first-order valence-electron chi connectivity index (χ1n) is 7.39. The van der Waals surface area contributed by atoms with E-state index in [4.69, 9.17) is 9.15 Å². The van der Waals surface area contributed by atoms with Crippen molar-refractivity contribution in [1.82, 2.24) is 9.97 Å². The maximum Gasteiger partial charge on any atom is 0.316 e. The van der Waals surface area contributed by atoms with Crippen molar-refractivity contribution in [3.8, 4) is 10.6 Å². The summed E-state index contributed by atoms with van der Waals surface area (Å²) in [7, 11) is 0. The van der Waals surface area contributed by atoms with Crippen LogP contribution >= 0.6 is 34.4 Å². The summed E-state index contributed by atoms with van der Waals surface area (Å²) in [6.07, 6.45) is 0. The van der Waals surface area contributed by atoms with E-state index in [2.05, 4.69) is 9.97 Å². The van der Waals surface area contributed by atoms with Crippen molar-refractivity contribution in [1.29, 1.82) is 0 Å². The zero-order valence-corrected chi connectivity index (χ0v) is 15.3. The lowest BCUT2D eigenvalue weighted by atomic mass is 10.3. The van der Waals surface area contributed by atoms with Gasteiger partial charge in [-0.15, -0.1) is 11.3 Å². The molecule has 0 aliphatic heterocycles. The van der Waals surface area contributed by atoms with E-state index in [-0.39, 0.29) is 18.3 Å². The molecule has 0 N–H and O–H groups in total. The topological polar surface area (TPSA) is 65.2 Å². The average molecular weight is 388 g/mol. The van der Waals surface area contributed by atoms with E-state index in [0.717, 1.165) is 21.8 Å². The standard InChI is InChI=1S/C17H12N2O3S3/c20-15(10-25-17-19-13-3-1-2-4-14(13)22-17)21-7-12-9-24-16(18-12)11-5-6-23-8-11/h1-6,8-9H,7,10H2. The van der Waals surface area contributed by atoms with Crippen LogP contribution in [0.2, 0.25) is 0 Å². The number of carbonyl (C=O) groups excluding carboxylic acids is 1. The number of para-hydroxylation sites is 2. The second-order valence-electron chi connectivity index (χ2n) is 5.05. The van der Waals surface area contributed by atoms with E-state index in [9.17, 15) is 4.79 Å². The molecule has 0 saturated heterocycles. The summed E-state index contributed by atoms with van der Waals surface area (Å²) in [6.45, 7) is 0.174. The number of thiazole rings is 1. The third-order valence-corrected chi connectivity index (χ3v) is 5.71. The van der Waals surface area contributed by atoms with Gasteiger partial charge >= 0.3 is 5.97 Å². The Labute approximate surface area is 155 Å². The Kier molecular flexibility index (Phi) is 4.82. The number of thioether (sulfide) groups is 1. The molecule has 3 aromatic heterocycles. The van der Waals surface area contributed by atoms with Gasteiger partial charge in [0.1, 0.15) is 22.9 Å². The lowest BCUT2D eigenvalue weighted by Gasteiger charge is -2.01. The number of benzene rings is 1. The predicted molar refractivity (Wildman–Crippen MR) is 100.0 cm³/mol. The molecule has 4 rings (SSSR count). The molecule has 0 aliphatic carbocycles. The van der Waals surface area contributed by atoms with Gasteiger partial charge in [0.2, 0.25) is 0 Å². The molecule has 0 bridgehead atoms. The van der Waals surface area contributed by atoms with Crippen LogP contribution in [0.15, 0.2) is 56.1 Å². The van der Waals surface area contributed by atoms with Crippen LogP contribution in [-0.2, 0) is 16.1 Å². The molecule has 0 unspecified atom stereocenters. The normalized spacial score (nSPS) is 11.0. The highest BCUT2D eigenvalue weighted by Gasteiger charge is 2.11. The fourth-order valence-electron chi connectivity index (χ4n) is 2.12. The fraction of sp³-hybridized carbons (Fsp3) is 0.118. The zero-order chi connectivity index (χ0) is 17.1. The van der Waals surface area contributed by atoms with Crippen molar-refractivity contribution in [2.24, 2.45) is 0 Å². The fourth-order valence-corrected chi connectivity index (χ4v) is 4.27. The molecule has 126 valence electrons. The van der Waals surface area contributed by atoms with Crippen molar-refractivity contribution in [3.05, 3.63) is 52.2 Å². The second kappa shape index (κ2) is 7.38. The lowest BCUT2D eigenvalue weighted by Crippen LogP contribution is -2.07. The smallest absolute Gasteiger partial charge is 0.316 e. The molecule has 5 nitrogen and oxygen atoms in total. The lowest BCUT2D eigenvalue weighted by molar-refractivity contribution is -0.141. The van der Waals surface area contributed by atoms with Gasteiger partial charge in [0.05, 0.1) is 5.69 Å². The molecule has 4 aromatic rings. The minimum absolute atomic E-state index is 0.147. The summed E-state index contributed by atoms with van der Waals surface area (Å²) < 4.78 is 10.8. The molecule has 3 heterocycles. The van der Waals surface area contributed by atoms with Crippen molar-refractivity contribution < 1.29 is 13.9 Å². The van der Waals surface area contributed by atoms with Gasteiger partial charge in [-0.3, -0.25) is 4.79 Å². The molecule has 0 amide bonds. The Morgan fingerprint density at radius 3 is 2.96 bits per heavy atom. The van der Waals surface area contributed by atoms with E-state index in [1.165, 1.54) is 11.8 Å². The number of carbonyl (C=O) groups is 1. The van der Waals surface area contributed by atoms with Crippen molar-refractivity contribution >= 4 is 51.5 Å². The van der Waals surface area contributed by atoms with E-state index < -0.39 is 0 Å². The highest BCUT2D eigenvalue weighted by molar-refractivity contribution is 7.99. The van der Waals surface area contributed by atoms with Crippen LogP contribution < -0.4 is 0 Å². The number of aromatic nitrogens is 2. The first-order valence-corrected chi connectivity index (χ1v) is 10.2. The summed E-state index contributed by atoms with van der Waals surface area (Å²) in [6, 6.07) is 9.52. The Balaban J connectivity index is 1.29. The minimum atomic E-state index is -0.322. The largest absolute Gasteiger partial charge is 0.459 e. The van der Waals surface area contributed by atoms with E-state index in [1.54, 1.807) is 22.7 Å². The van der Waals surface area contributed by atoms with Gasteiger partial charge in [0.15, 0.2) is 5.58 Å². The highest BCUT2D eigenvalue weighted by atomic mass is 32.2. The van der Waals surface area contributed by atoms with Crippen LogP contribution in [0.5, 0.6) is 0 Å². The molecular weight excluding hydrogens is 376 g/mol. The number of ether oxygens (including phenoxy) is 1. The van der Waals surface area contributed by atoms with Gasteiger partial charge in [-0.25, -0.2) is 9.97 Å². The molecule has 0 fully saturated rings. The summed E-state index contributed by atoms with van der Waals surface area (Å²) in [5.74, 6) is -0.175. The minimum Gasteiger partial charge on any atom is -0.459 e.